The van der Waals surface area contributed by atoms with Gasteiger partial charge in [-0.15, -0.1) is 0 Å². The third-order valence-corrected chi connectivity index (χ3v) is 3.96. The Kier molecular flexibility index (Phi) is 6.53. The topological polar surface area (TPSA) is 69.7 Å². The SMILES string of the molecule is COC(=O)C(C(=O)OC)[C@@H](CC=O)C1CCCCC1. The van der Waals surface area contributed by atoms with E-state index >= 15 is 0 Å². The fraction of sp³-hybridized carbons (Fsp3) is 0.786. The Labute approximate surface area is 113 Å². The van der Waals surface area contributed by atoms with Gasteiger partial charge < -0.3 is 14.3 Å². The Balaban J connectivity index is 2.92. The molecule has 19 heavy (non-hydrogen) atoms. The number of carbonyl (C=O) groups excluding carboxylic acids is 3. The summed E-state index contributed by atoms with van der Waals surface area (Å²) in [6.07, 6.45) is 6.19. The number of hydrogen-bond donors (Lipinski definition) is 0. The number of esters is 2. The highest BCUT2D eigenvalue weighted by atomic mass is 16.5. The average Bonchev–Trinajstić information content (AvgIpc) is 2.46. The van der Waals surface area contributed by atoms with Crippen LogP contribution in [-0.4, -0.2) is 32.4 Å². The maximum atomic E-state index is 11.8. The Morgan fingerprint density at radius 3 is 2.05 bits per heavy atom. The lowest BCUT2D eigenvalue weighted by molar-refractivity contribution is -0.163. The molecule has 0 radical (unpaired) electrons. The number of rotatable bonds is 6. The van der Waals surface area contributed by atoms with E-state index in [0.717, 1.165) is 32.0 Å². The van der Waals surface area contributed by atoms with Crippen LogP contribution in [0.4, 0.5) is 0 Å². The molecule has 5 heteroatoms. The van der Waals surface area contributed by atoms with E-state index in [0.29, 0.717) is 0 Å². The fourth-order valence-electron chi connectivity index (χ4n) is 2.97. The van der Waals surface area contributed by atoms with E-state index in [9.17, 15) is 14.4 Å². The van der Waals surface area contributed by atoms with Gasteiger partial charge in [-0.3, -0.25) is 9.59 Å². The first-order valence-electron chi connectivity index (χ1n) is 6.75. The van der Waals surface area contributed by atoms with Gasteiger partial charge in [-0.2, -0.15) is 0 Å². The molecule has 0 aliphatic heterocycles. The molecule has 1 rings (SSSR count). The highest BCUT2D eigenvalue weighted by Gasteiger charge is 2.40. The number of carbonyl (C=O) groups is 3. The van der Waals surface area contributed by atoms with Crippen molar-refractivity contribution >= 4 is 18.2 Å². The van der Waals surface area contributed by atoms with Crippen LogP contribution >= 0.6 is 0 Å². The normalized spacial score (nSPS) is 17.8. The maximum Gasteiger partial charge on any atom is 0.320 e. The molecule has 0 aromatic heterocycles. The average molecular weight is 270 g/mol. The minimum atomic E-state index is -0.983. The minimum Gasteiger partial charge on any atom is -0.468 e. The van der Waals surface area contributed by atoms with Gasteiger partial charge in [0.25, 0.3) is 0 Å². The largest absolute Gasteiger partial charge is 0.468 e. The van der Waals surface area contributed by atoms with Crippen LogP contribution in [0.25, 0.3) is 0 Å². The molecular weight excluding hydrogens is 248 g/mol. The van der Waals surface area contributed by atoms with Crippen LogP contribution in [0.5, 0.6) is 0 Å². The summed E-state index contributed by atoms with van der Waals surface area (Å²) >= 11 is 0. The van der Waals surface area contributed by atoms with Gasteiger partial charge in [-0.25, -0.2) is 0 Å². The highest BCUT2D eigenvalue weighted by Crippen LogP contribution is 2.36. The first-order chi connectivity index (χ1) is 9.15. The number of aldehydes is 1. The van der Waals surface area contributed by atoms with Gasteiger partial charge in [0.2, 0.25) is 0 Å². The molecule has 0 aromatic carbocycles. The number of methoxy groups -OCH3 is 2. The molecule has 1 atom stereocenters. The van der Waals surface area contributed by atoms with Crippen molar-refractivity contribution in [3.05, 3.63) is 0 Å². The van der Waals surface area contributed by atoms with E-state index in [1.54, 1.807) is 0 Å². The summed E-state index contributed by atoms with van der Waals surface area (Å²) in [5, 5.41) is 0. The second-order valence-corrected chi connectivity index (χ2v) is 4.99. The van der Waals surface area contributed by atoms with Crippen molar-refractivity contribution in [3.8, 4) is 0 Å². The molecule has 0 N–H and O–H groups in total. The van der Waals surface area contributed by atoms with Crippen LogP contribution in [0.1, 0.15) is 38.5 Å². The predicted molar refractivity (Wildman–Crippen MR) is 68.3 cm³/mol. The molecule has 0 aromatic rings. The molecular formula is C14H22O5. The first-order valence-corrected chi connectivity index (χ1v) is 6.75. The molecule has 1 fully saturated rings. The molecule has 1 saturated carbocycles. The van der Waals surface area contributed by atoms with Crippen LogP contribution in [0.3, 0.4) is 0 Å². The molecule has 0 spiro atoms. The molecule has 108 valence electrons. The van der Waals surface area contributed by atoms with E-state index in [1.165, 1.54) is 20.6 Å². The van der Waals surface area contributed by atoms with Crippen LogP contribution in [0.2, 0.25) is 0 Å². The van der Waals surface area contributed by atoms with Crippen molar-refractivity contribution in [1.29, 1.82) is 0 Å². The van der Waals surface area contributed by atoms with Crippen molar-refractivity contribution in [2.24, 2.45) is 17.8 Å². The third kappa shape index (κ3) is 4.04. The zero-order chi connectivity index (χ0) is 14.3. The quantitative estimate of drug-likeness (QED) is 0.417. The predicted octanol–water partition coefficient (Wildman–Crippen LogP) is 1.73. The van der Waals surface area contributed by atoms with Gasteiger partial charge in [-0.05, 0) is 11.8 Å². The molecule has 1 aliphatic carbocycles. The van der Waals surface area contributed by atoms with E-state index in [1.807, 2.05) is 0 Å². The third-order valence-electron chi connectivity index (χ3n) is 3.96. The lowest BCUT2D eigenvalue weighted by Gasteiger charge is -2.32. The molecule has 0 heterocycles. The lowest BCUT2D eigenvalue weighted by Crippen LogP contribution is -2.38. The maximum absolute atomic E-state index is 11.8. The fourth-order valence-corrected chi connectivity index (χ4v) is 2.97. The molecule has 0 bridgehead atoms. The monoisotopic (exact) mass is 270 g/mol. The zero-order valence-electron chi connectivity index (χ0n) is 11.6. The van der Waals surface area contributed by atoms with Crippen LogP contribution in [-0.2, 0) is 23.9 Å². The second-order valence-electron chi connectivity index (χ2n) is 4.99. The molecule has 0 saturated heterocycles. The van der Waals surface area contributed by atoms with E-state index < -0.39 is 17.9 Å². The summed E-state index contributed by atoms with van der Waals surface area (Å²) in [4.78, 5) is 34.5. The van der Waals surface area contributed by atoms with E-state index in [4.69, 9.17) is 9.47 Å². The van der Waals surface area contributed by atoms with Gasteiger partial charge in [0.05, 0.1) is 14.2 Å². The number of ether oxygens (including phenoxy) is 2. The Bertz CT molecular complexity index is 304. The summed E-state index contributed by atoms with van der Waals surface area (Å²) in [5.41, 5.74) is 0. The van der Waals surface area contributed by atoms with Gasteiger partial charge in [0.1, 0.15) is 6.29 Å². The van der Waals surface area contributed by atoms with Crippen molar-refractivity contribution in [1.82, 2.24) is 0 Å². The lowest BCUT2D eigenvalue weighted by atomic mass is 9.72. The summed E-state index contributed by atoms with van der Waals surface area (Å²) < 4.78 is 9.40. The van der Waals surface area contributed by atoms with Crippen molar-refractivity contribution in [3.63, 3.8) is 0 Å². The smallest absolute Gasteiger partial charge is 0.320 e. The summed E-state index contributed by atoms with van der Waals surface area (Å²) in [6.45, 7) is 0. The Morgan fingerprint density at radius 2 is 1.63 bits per heavy atom. The van der Waals surface area contributed by atoms with Gasteiger partial charge in [-0.1, -0.05) is 32.1 Å². The van der Waals surface area contributed by atoms with Crippen molar-refractivity contribution in [2.45, 2.75) is 38.5 Å². The molecule has 5 nitrogen and oxygen atoms in total. The summed E-state index contributed by atoms with van der Waals surface area (Å²) in [7, 11) is 2.49. The van der Waals surface area contributed by atoms with Gasteiger partial charge >= 0.3 is 11.9 Å². The molecule has 0 unspecified atom stereocenters. The van der Waals surface area contributed by atoms with Crippen LogP contribution < -0.4 is 0 Å². The van der Waals surface area contributed by atoms with E-state index in [-0.39, 0.29) is 18.3 Å². The second kappa shape index (κ2) is 7.92. The first kappa shape index (κ1) is 15.7. The minimum absolute atomic E-state index is 0.194. The zero-order valence-corrected chi connectivity index (χ0v) is 11.6. The van der Waals surface area contributed by atoms with Gasteiger partial charge in [0, 0.05) is 6.42 Å². The molecule has 1 aliphatic rings. The van der Waals surface area contributed by atoms with Crippen molar-refractivity contribution < 1.29 is 23.9 Å². The van der Waals surface area contributed by atoms with E-state index in [2.05, 4.69) is 0 Å². The summed E-state index contributed by atoms with van der Waals surface area (Å²) in [5.74, 6) is -2.29. The Hall–Kier alpha value is -1.39. The van der Waals surface area contributed by atoms with Gasteiger partial charge in [0.15, 0.2) is 5.92 Å². The highest BCUT2D eigenvalue weighted by molar-refractivity contribution is 5.95. The standard InChI is InChI=1S/C14H22O5/c1-18-13(16)12(14(17)19-2)11(8-9-15)10-6-4-3-5-7-10/h9-12H,3-8H2,1-2H3/t11-/m0/s1. The van der Waals surface area contributed by atoms with Crippen molar-refractivity contribution in [2.75, 3.05) is 14.2 Å². The van der Waals surface area contributed by atoms with Crippen LogP contribution in [0.15, 0.2) is 0 Å². The molecule has 0 amide bonds. The number of hydrogen-bond acceptors (Lipinski definition) is 5. The Morgan fingerprint density at radius 1 is 1.11 bits per heavy atom. The van der Waals surface area contributed by atoms with Crippen LogP contribution in [0, 0.1) is 17.8 Å². The summed E-state index contributed by atoms with van der Waals surface area (Å²) in [6, 6.07) is 0.